The van der Waals surface area contributed by atoms with Crippen LogP contribution >= 0.6 is 15.9 Å². The van der Waals surface area contributed by atoms with Gasteiger partial charge >= 0.3 is 5.97 Å². The third-order valence-corrected chi connectivity index (χ3v) is 4.36. The van der Waals surface area contributed by atoms with Gasteiger partial charge in [0.05, 0.1) is 11.6 Å². The number of halogens is 1. The lowest BCUT2D eigenvalue weighted by molar-refractivity contribution is -0.125. The topological polar surface area (TPSA) is 55.4 Å². The summed E-state index contributed by atoms with van der Waals surface area (Å²) in [5, 5.41) is 2.96. The van der Waals surface area contributed by atoms with Crippen LogP contribution in [0.15, 0.2) is 59.1 Å². The number of carbonyl (C=O) groups excluding carboxylic acids is 2. The second-order valence-electron chi connectivity index (χ2n) is 6.22. The van der Waals surface area contributed by atoms with Gasteiger partial charge in [0.15, 0.2) is 6.61 Å². The smallest absolute Gasteiger partial charge is 0.339 e. The van der Waals surface area contributed by atoms with Crippen LogP contribution in [0.1, 0.15) is 42.2 Å². The van der Waals surface area contributed by atoms with Crippen molar-refractivity contribution in [3.05, 3.63) is 70.2 Å². The summed E-state index contributed by atoms with van der Waals surface area (Å²) in [6, 6.07) is 16.7. The lowest BCUT2D eigenvalue weighted by atomic mass is 9.97. The van der Waals surface area contributed by atoms with Crippen molar-refractivity contribution >= 4 is 27.8 Å². The van der Waals surface area contributed by atoms with Crippen molar-refractivity contribution in [1.82, 2.24) is 5.32 Å². The van der Waals surface area contributed by atoms with Crippen LogP contribution in [0.3, 0.4) is 0 Å². The fraction of sp³-hybridized carbons (Fsp3) is 0.300. The van der Waals surface area contributed by atoms with Crippen LogP contribution in [-0.4, -0.2) is 18.5 Å². The lowest BCUT2D eigenvalue weighted by Crippen LogP contribution is -2.33. The predicted octanol–water partition coefficient (Wildman–Crippen LogP) is 4.51. The van der Waals surface area contributed by atoms with Gasteiger partial charge in [0.25, 0.3) is 5.91 Å². The molecular weight excluding hydrogens is 382 g/mol. The van der Waals surface area contributed by atoms with Gasteiger partial charge < -0.3 is 10.1 Å². The highest BCUT2D eigenvalue weighted by atomic mass is 79.9. The Hall–Kier alpha value is -2.14. The normalized spacial score (nSPS) is 11.8. The van der Waals surface area contributed by atoms with Gasteiger partial charge in [0.2, 0.25) is 0 Å². The van der Waals surface area contributed by atoms with E-state index in [1.165, 1.54) is 0 Å². The largest absolute Gasteiger partial charge is 0.452 e. The Balaban J connectivity index is 1.95. The monoisotopic (exact) mass is 403 g/mol. The molecule has 0 saturated carbocycles. The van der Waals surface area contributed by atoms with Gasteiger partial charge in [-0.1, -0.05) is 56.3 Å². The molecule has 25 heavy (non-hydrogen) atoms. The number of nitrogens with one attached hydrogen (secondary N) is 1. The highest BCUT2D eigenvalue weighted by molar-refractivity contribution is 9.10. The first-order chi connectivity index (χ1) is 12.0. The van der Waals surface area contributed by atoms with Crippen molar-refractivity contribution < 1.29 is 14.3 Å². The number of hydrogen-bond acceptors (Lipinski definition) is 3. The van der Waals surface area contributed by atoms with Gasteiger partial charge in [-0.25, -0.2) is 4.79 Å². The molecule has 0 fully saturated rings. The summed E-state index contributed by atoms with van der Waals surface area (Å²) < 4.78 is 5.77. The van der Waals surface area contributed by atoms with Crippen LogP contribution in [0.5, 0.6) is 0 Å². The fourth-order valence-electron chi connectivity index (χ4n) is 2.51. The molecule has 0 radical (unpaired) electrons. The molecule has 4 nitrogen and oxygen atoms in total. The van der Waals surface area contributed by atoms with Crippen molar-refractivity contribution in [3.8, 4) is 0 Å². The Bertz CT molecular complexity index is 716. The van der Waals surface area contributed by atoms with Crippen LogP contribution in [-0.2, 0) is 9.53 Å². The molecule has 0 spiro atoms. The molecule has 0 heterocycles. The molecule has 2 aromatic carbocycles. The number of rotatable bonds is 7. The van der Waals surface area contributed by atoms with E-state index in [4.69, 9.17) is 4.74 Å². The number of ether oxygens (including phenoxy) is 1. The number of benzene rings is 2. The third-order valence-electron chi connectivity index (χ3n) is 3.67. The Morgan fingerprint density at radius 2 is 1.68 bits per heavy atom. The minimum absolute atomic E-state index is 0.101. The van der Waals surface area contributed by atoms with E-state index < -0.39 is 5.97 Å². The van der Waals surface area contributed by atoms with Crippen molar-refractivity contribution in [2.24, 2.45) is 5.92 Å². The molecule has 1 atom stereocenters. The quantitative estimate of drug-likeness (QED) is 0.691. The zero-order valence-corrected chi connectivity index (χ0v) is 16.0. The molecule has 2 aromatic rings. The summed E-state index contributed by atoms with van der Waals surface area (Å²) in [5.74, 6) is -0.411. The number of carbonyl (C=O) groups is 2. The number of amides is 1. The summed E-state index contributed by atoms with van der Waals surface area (Å²) in [6.45, 7) is 3.91. The highest BCUT2D eigenvalue weighted by Gasteiger charge is 2.18. The molecule has 0 saturated heterocycles. The van der Waals surface area contributed by atoms with Crippen molar-refractivity contribution in [2.75, 3.05) is 6.61 Å². The molecule has 132 valence electrons. The SMILES string of the molecule is CC(C)C[C@H](NC(=O)COC(=O)c1ccccc1Br)c1ccccc1. The van der Waals surface area contributed by atoms with Crippen LogP contribution in [0, 0.1) is 5.92 Å². The summed E-state index contributed by atoms with van der Waals surface area (Å²) in [4.78, 5) is 24.3. The average Bonchev–Trinajstić information content (AvgIpc) is 2.60. The van der Waals surface area contributed by atoms with Crippen LogP contribution < -0.4 is 5.32 Å². The second kappa shape index (κ2) is 9.37. The van der Waals surface area contributed by atoms with Crippen molar-refractivity contribution in [1.29, 1.82) is 0 Å². The van der Waals surface area contributed by atoms with E-state index in [1.807, 2.05) is 36.4 Å². The van der Waals surface area contributed by atoms with Gasteiger partial charge in [-0.15, -0.1) is 0 Å². The molecule has 1 amide bonds. The standard InChI is InChI=1S/C20H22BrNO3/c1-14(2)12-18(15-8-4-3-5-9-15)22-19(23)13-25-20(24)16-10-6-7-11-17(16)21/h3-11,14,18H,12-13H2,1-2H3,(H,22,23)/t18-/m0/s1. The molecule has 0 bridgehead atoms. The predicted molar refractivity (Wildman–Crippen MR) is 101 cm³/mol. The lowest BCUT2D eigenvalue weighted by Gasteiger charge is -2.21. The van der Waals surface area contributed by atoms with Gasteiger partial charge in [-0.2, -0.15) is 0 Å². The van der Waals surface area contributed by atoms with E-state index >= 15 is 0 Å². The molecule has 0 aliphatic heterocycles. The van der Waals surface area contributed by atoms with Crippen molar-refractivity contribution in [2.45, 2.75) is 26.3 Å². The molecule has 0 unspecified atom stereocenters. The van der Waals surface area contributed by atoms with Crippen LogP contribution in [0.4, 0.5) is 0 Å². The minimum Gasteiger partial charge on any atom is -0.452 e. The zero-order chi connectivity index (χ0) is 18.2. The van der Waals surface area contributed by atoms with E-state index in [0.29, 0.717) is 16.0 Å². The average molecular weight is 404 g/mol. The zero-order valence-electron chi connectivity index (χ0n) is 14.4. The first-order valence-electron chi connectivity index (χ1n) is 8.23. The van der Waals surface area contributed by atoms with E-state index in [0.717, 1.165) is 12.0 Å². The Morgan fingerprint density at radius 1 is 1.04 bits per heavy atom. The maximum Gasteiger partial charge on any atom is 0.339 e. The van der Waals surface area contributed by atoms with Crippen LogP contribution in [0.25, 0.3) is 0 Å². The second-order valence-corrected chi connectivity index (χ2v) is 7.07. The van der Waals surface area contributed by atoms with Gasteiger partial charge in [-0.05, 0) is 46.0 Å². The molecule has 1 N–H and O–H groups in total. The van der Waals surface area contributed by atoms with E-state index in [1.54, 1.807) is 18.2 Å². The summed E-state index contributed by atoms with van der Waals surface area (Å²) in [5.41, 5.74) is 1.44. The van der Waals surface area contributed by atoms with Crippen LogP contribution in [0.2, 0.25) is 0 Å². The minimum atomic E-state index is -0.525. The molecular formula is C20H22BrNO3. The van der Waals surface area contributed by atoms with Gasteiger partial charge in [-0.3, -0.25) is 4.79 Å². The van der Waals surface area contributed by atoms with Crippen molar-refractivity contribution in [3.63, 3.8) is 0 Å². The Kier molecular flexibility index (Phi) is 7.19. The highest BCUT2D eigenvalue weighted by Crippen LogP contribution is 2.21. The Morgan fingerprint density at radius 3 is 2.32 bits per heavy atom. The van der Waals surface area contributed by atoms with E-state index in [2.05, 4.69) is 35.1 Å². The molecule has 2 rings (SSSR count). The molecule has 5 heteroatoms. The van der Waals surface area contributed by atoms with Gasteiger partial charge in [0, 0.05) is 4.47 Å². The molecule has 0 aliphatic rings. The van der Waals surface area contributed by atoms with E-state index in [9.17, 15) is 9.59 Å². The third kappa shape index (κ3) is 6.02. The summed E-state index contributed by atoms with van der Waals surface area (Å²) in [7, 11) is 0. The summed E-state index contributed by atoms with van der Waals surface area (Å²) in [6.07, 6.45) is 0.813. The first-order valence-corrected chi connectivity index (χ1v) is 9.02. The maximum absolute atomic E-state index is 12.2. The molecule has 0 aromatic heterocycles. The summed E-state index contributed by atoms with van der Waals surface area (Å²) >= 11 is 3.30. The number of esters is 1. The first kappa shape index (κ1) is 19.2. The van der Waals surface area contributed by atoms with Gasteiger partial charge in [0.1, 0.15) is 0 Å². The van der Waals surface area contributed by atoms with E-state index in [-0.39, 0.29) is 18.6 Å². The maximum atomic E-state index is 12.2. The Labute approximate surface area is 156 Å². The number of hydrogen-bond donors (Lipinski definition) is 1. The molecule has 0 aliphatic carbocycles. The fourth-order valence-corrected chi connectivity index (χ4v) is 2.95.